The van der Waals surface area contributed by atoms with Gasteiger partial charge in [0.1, 0.15) is 11.6 Å². The van der Waals surface area contributed by atoms with Crippen LogP contribution in [0.15, 0.2) is 42.5 Å². The minimum atomic E-state index is -0.363. The highest BCUT2D eigenvalue weighted by Gasteiger charge is 2.10. The standard InChI is InChI=1S/C15H11Cl2FO/c16-12-6-5-10(14(17)9-12)7-13(19)8-11-3-1-2-4-15(11)18/h1-6,9H,7-8H2. The van der Waals surface area contributed by atoms with Gasteiger partial charge in [0, 0.05) is 22.9 Å². The zero-order valence-corrected chi connectivity index (χ0v) is 11.5. The predicted molar refractivity (Wildman–Crippen MR) is 75.3 cm³/mol. The van der Waals surface area contributed by atoms with Gasteiger partial charge in [0.15, 0.2) is 0 Å². The van der Waals surface area contributed by atoms with Crippen molar-refractivity contribution >= 4 is 29.0 Å². The molecule has 1 nitrogen and oxygen atoms in total. The normalized spacial score (nSPS) is 10.5. The Hall–Kier alpha value is -1.38. The molecule has 4 heteroatoms. The van der Waals surface area contributed by atoms with Crippen molar-refractivity contribution in [3.8, 4) is 0 Å². The third kappa shape index (κ3) is 3.79. The molecule has 0 saturated heterocycles. The van der Waals surface area contributed by atoms with Gasteiger partial charge in [-0.1, -0.05) is 47.5 Å². The van der Waals surface area contributed by atoms with E-state index in [1.165, 1.54) is 6.07 Å². The highest BCUT2D eigenvalue weighted by Crippen LogP contribution is 2.22. The summed E-state index contributed by atoms with van der Waals surface area (Å²) in [5.41, 5.74) is 1.10. The van der Waals surface area contributed by atoms with Crippen molar-refractivity contribution in [3.05, 3.63) is 69.5 Å². The lowest BCUT2D eigenvalue weighted by atomic mass is 10.0. The van der Waals surface area contributed by atoms with Crippen LogP contribution in [-0.4, -0.2) is 5.78 Å². The third-order valence-electron chi connectivity index (χ3n) is 2.75. The Kier molecular flexibility index (Phi) is 4.56. The lowest BCUT2D eigenvalue weighted by Gasteiger charge is -2.05. The molecule has 0 radical (unpaired) electrons. The number of carbonyl (C=O) groups is 1. The Morgan fingerprint density at radius 3 is 2.37 bits per heavy atom. The SMILES string of the molecule is O=C(Cc1ccccc1F)Cc1ccc(Cl)cc1Cl. The summed E-state index contributed by atoms with van der Waals surface area (Å²) in [6, 6.07) is 11.2. The van der Waals surface area contributed by atoms with E-state index >= 15 is 0 Å². The minimum absolute atomic E-state index is 0.0611. The fourth-order valence-corrected chi connectivity index (χ4v) is 2.27. The summed E-state index contributed by atoms with van der Waals surface area (Å²) in [4.78, 5) is 11.9. The zero-order chi connectivity index (χ0) is 13.8. The average Bonchev–Trinajstić information content (AvgIpc) is 2.36. The summed E-state index contributed by atoms with van der Waals surface area (Å²) in [7, 11) is 0. The van der Waals surface area contributed by atoms with E-state index < -0.39 is 0 Å². The summed E-state index contributed by atoms with van der Waals surface area (Å²) in [6.07, 6.45) is 0.232. The number of benzene rings is 2. The Morgan fingerprint density at radius 1 is 1.00 bits per heavy atom. The topological polar surface area (TPSA) is 17.1 Å². The fourth-order valence-electron chi connectivity index (χ4n) is 1.79. The van der Waals surface area contributed by atoms with E-state index in [1.807, 2.05) is 0 Å². The first-order valence-electron chi connectivity index (χ1n) is 5.75. The van der Waals surface area contributed by atoms with E-state index in [0.29, 0.717) is 21.2 Å². The van der Waals surface area contributed by atoms with E-state index in [2.05, 4.69) is 0 Å². The first kappa shape index (κ1) is 14.0. The van der Waals surface area contributed by atoms with Gasteiger partial charge in [0.05, 0.1) is 0 Å². The molecule has 0 spiro atoms. The average molecular weight is 297 g/mol. The number of halogens is 3. The lowest BCUT2D eigenvalue weighted by Crippen LogP contribution is -2.08. The quantitative estimate of drug-likeness (QED) is 0.812. The highest BCUT2D eigenvalue weighted by molar-refractivity contribution is 6.35. The molecule has 0 saturated carbocycles. The van der Waals surface area contributed by atoms with Crippen LogP contribution in [0.3, 0.4) is 0 Å². The number of hydrogen-bond donors (Lipinski definition) is 0. The van der Waals surface area contributed by atoms with Crippen molar-refractivity contribution in [1.82, 2.24) is 0 Å². The molecule has 0 aromatic heterocycles. The maximum Gasteiger partial charge on any atom is 0.141 e. The molecule has 0 bridgehead atoms. The van der Waals surface area contributed by atoms with Crippen LogP contribution in [0.5, 0.6) is 0 Å². The number of rotatable bonds is 4. The van der Waals surface area contributed by atoms with E-state index in [4.69, 9.17) is 23.2 Å². The van der Waals surface area contributed by atoms with E-state index in [-0.39, 0.29) is 24.4 Å². The second-order valence-electron chi connectivity index (χ2n) is 4.22. The van der Waals surface area contributed by atoms with Gasteiger partial charge in [-0.25, -0.2) is 4.39 Å². The van der Waals surface area contributed by atoms with Gasteiger partial charge in [0.2, 0.25) is 0 Å². The molecular weight excluding hydrogens is 286 g/mol. The smallest absolute Gasteiger partial charge is 0.141 e. The molecule has 98 valence electrons. The van der Waals surface area contributed by atoms with Crippen LogP contribution in [0.25, 0.3) is 0 Å². The summed E-state index contributed by atoms with van der Waals surface area (Å²) in [6.45, 7) is 0. The van der Waals surface area contributed by atoms with Crippen molar-refractivity contribution in [2.24, 2.45) is 0 Å². The van der Waals surface area contributed by atoms with Gasteiger partial charge in [-0.05, 0) is 29.3 Å². The molecular formula is C15H11Cl2FO. The van der Waals surface area contributed by atoms with Gasteiger partial charge in [-0.15, -0.1) is 0 Å². The summed E-state index contributed by atoms with van der Waals surface area (Å²) >= 11 is 11.8. The van der Waals surface area contributed by atoms with Gasteiger partial charge < -0.3 is 0 Å². The molecule has 0 amide bonds. The van der Waals surface area contributed by atoms with Crippen molar-refractivity contribution in [1.29, 1.82) is 0 Å². The Morgan fingerprint density at radius 2 is 1.68 bits per heavy atom. The maximum atomic E-state index is 13.4. The molecule has 0 aliphatic heterocycles. The first-order chi connectivity index (χ1) is 9.06. The summed E-state index contributed by atoms with van der Waals surface area (Å²) in [5.74, 6) is -0.452. The molecule has 2 aromatic carbocycles. The van der Waals surface area contributed by atoms with Crippen LogP contribution >= 0.6 is 23.2 Å². The predicted octanol–water partition coefficient (Wildman–Crippen LogP) is 4.49. The molecule has 2 rings (SSSR count). The molecule has 0 N–H and O–H groups in total. The molecule has 0 fully saturated rings. The van der Waals surface area contributed by atoms with Crippen LogP contribution in [0.2, 0.25) is 10.0 Å². The molecule has 0 aliphatic carbocycles. The lowest BCUT2D eigenvalue weighted by molar-refractivity contribution is -0.117. The molecule has 0 heterocycles. The summed E-state index contributed by atoms with van der Waals surface area (Å²) in [5, 5.41) is 0.977. The van der Waals surface area contributed by atoms with Gasteiger partial charge in [-0.3, -0.25) is 4.79 Å². The van der Waals surface area contributed by atoms with Crippen molar-refractivity contribution < 1.29 is 9.18 Å². The highest BCUT2D eigenvalue weighted by atomic mass is 35.5. The maximum absolute atomic E-state index is 13.4. The monoisotopic (exact) mass is 296 g/mol. The Bertz CT molecular complexity index is 611. The van der Waals surface area contributed by atoms with Crippen molar-refractivity contribution in [2.45, 2.75) is 12.8 Å². The van der Waals surface area contributed by atoms with Crippen LogP contribution < -0.4 is 0 Å². The van der Waals surface area contributed by atoms with Crippen molar-refractivity contribution in [3.63, 3.8) is 0 Å². The van der Waals surface area contributed by atoms with E-state index in [9.17, 15) is 9.18 Å². The van der Waals surface area contributed by atoms with Crippen molar-refractivity contribution in [2.75, 3.05) is 0 Å². The van der Waals surface area contributed by atoms with Crippen LogP contribution in [0, 0.1) is 5.82 Å². The molecule has 0 atom stereocenters. The number of carbonyl (C=O) groups excluding carboxylic acids is 1. The molecule has 0 aliphatic rings. The van der Waals surface area contributed by atoms with Gasteiger partial charge in [0.25, 0.3) is 0 Å². The minimum Gasteiger partial charge on any atom is -0.299 e. The molecule has 0 unspecified atom stereocenters. The Labute approximate surface area is 121 Å². The second kappa shape index (κ2) is 6.18. The number of Topliss-reactive ketones (excluding diaryl/α,β-unsaturated/α-hetero) is 1. The van der Waals surface area contributed by atoms with Crippen LogP contribution in [0.1, 0.15) is 11.1 Å². The third-order valence-corrected chi connectivity index (χ3v) is 3.34. The number of hydrogen-bond acceptors (Lipinski definition) is 1. The largest absolute Gasteiger partial charge is 0.299 e. The fraction of sp³-hybridized carbons (Fsp3) is 0.133. The van der Waals surface area contributed by atoms with Crippen LogP contribution in [0.4, 0.5) is 4.39 Å². The van der Waals surface area contributed by atoms with E-state index in [0.717, 1.165) is 0 Å². The van der Waals surface area contributed by atoms with E-state index in [1.54, 1.807) is 36.4 Å². The van der Waals surface area contributed by atoms with Gasteiger partial charge >= 0.3 is 0 Å². The number of ketones is 1. The molecule has 2 aromatic rings. The van der Waals surface area contributed by atoms with Gasteiger partial charge in [-0.2, -0.15) is 0 Å². The second-order valence-corrected chi connectivity index (χ2v) is 5.06. The summed E-state index contributed by atoms with van der Waals surface area (Å²) < 4.78 is 13.4. The molecule has 19 heavy (non-hydrogen) atoms. The van der Waals surface area contributed by atoms with Crippen LogP contribution in [-0.2, 0) is 17.6 Å². The first-order valence-corrected chi connectivity index (χ1v) is 6.51. The zero-order valence-electron chi connectivity index (χ0n) is 10.00. The Balaban J connectivity index is 2.08.